The van der Waals surface area contributed by atoms with Crippen molar-refractivity contribution < 1.29 is 14.3 Å². The zero-order valence-electron chi connectivity index (χ0n) is 14.1. The number of anilines is 1. The average molecular weight is 330 g/mol. The molecule has 1 spiro atoms. The summed E-state index contributed by atoms with van der Waals surface area (Å²) in [5.74, 6) is 0.707. The molecule has 0 radical (unpaired) electrons. The number of amides is 2. The van der Waals surface area contributed by atoms with Gasteiger partial charge in [-0.15, -0.1) is 0 Å². The Balaban J connectivity index is 1.50. The van der Waals surface area contributed by atoms with Gasteiger partial charge in [-0.2, -0.15) is 0 Å². The molecule has 2 amide bonds. The second-order valence-electron chi connectivity index (χ2n) is 6.68. The van der Waals surface area contributed by atoms with Gasteiger partial charge in [-0.3, -0.25) is 0 Å². The minimum Gasteiger partial charge on any atom is -0.489 e. The van der Waals surface area contributed by atoms with E-state index in [2.05, 4.69) is 17.2 Å². The minimum atomic E-state index is -0.197. The van der Waals surface area contributed by atoms with E-state index in [0.717, 1.165) is 19.3 Å². The molecule has 2 fully saturated rings. The van der Waals surface area contributed by atoms with E-state index in [1.807, 2.05) is 18.2 Å². The van der Waals surface area contributed by atoms with Crippen LogP contribution in [0.2, 0.25) is 0 Å². The largest absolute Gasteiger partial charge is 0.489 e. The molecule has 0 unspecified atom stereocenters. The monoisotopic (exact) mass is 330 g/mol. The number of rotatable bonds is 5. The Bertz CT molecular complexity index is 582. The highest BCUT2D eigenvalue weighted by Gasteiger charge is 2.41. The molecule has 1 aliphatic carbocycles. The maximum absolute atomic E-state index is 12.2. The van der Waals surface area contributed by atoms with Gasteiger partial charge in [-0.25, -0.2) is 4.79 Å². The van der Waals surface area contributed by atoms with Gasteiger partial charge in [-0.1, -0.05) is 38.0 Å². The van der Waals surface area contributed by atoms with Gasteiger partial charge in [0.05, 0.1) is 18.2 Å². The predicted octanol–water partition coefficient (Wildman–Crippen LogP) is 3.86. The molecule has 2 aliphatic rings. The van der Waals surface area contributed by atoms with Gasteiger partial charge in [0, 0.05) is 11.8 Å². The molecule has 1 saturated carbocycles. The molecule has 3 rings (SSSR count). The molecule has 1 saturated heterocycles. The summed E-state index contributed by atoms with van der Waals surface area (Å²) in [7, 11) is 0. The van der Waals surface area contributed by atoms with E-state index in [0.29, 0.717) is 24.7 Å². The molecule has 130 valence electrons. The summed E-state index contributed by atoms with van der Waals surface area (Å²) in [4.78, 5) is 12.2. The third-order valence-electron chi connectivity index (χ3n) is 4.77. The zero-order valence-corrected chi connectivity index (χ0v) is 14.1. The van der Waals surface area contributed by atoms with Crippen LogP contribution in [-0.2, 0) is 4.74 Å². The smallest absolute Gasteiger partial charge is 0.319 e. The Labute approximate surface area is 143 Å². The normalized spacial score (nSPS) is 22.1. The number of ether oxygens (including phenoxy) is 2. The zero-order chi connectivity index (χ0) is 16.8. The number of nitrogens with one attached hydrogen (secondary N) is 2. The molecular formula is C19H26N2O3. The highest BCUT2D eigenvalue weighted by molar-refractivity contribution is 5.89. The van der Waals surface area contributed by atoms with Gasteiger partial charge in [-0.05, 0) is 31.4 Å². The molecule has 0 aromatic heterocycles. The van der Waals surface area contributed by atoms with Gasteiger partial charge < -0.3 is 20.1 Å². The highest BCUT2D eigenvalue weighted by atomic mass is 16.5. The van der Waals surface area contributed by atoms with E-state index >= 15 is 0 Å². The number of benzene rings is 1. The van der Waals surface area contributed by atoms with Crippen LogP contribution in [-0.4, -0.2) is 30.9 Å². The molecule has 24 heavy (non-hydrogen) atoms. The lowest BCUT2D eigenvalue weighted by atomic mass is 9.82. The maximum atomic E-state index is 12.2. The Morgan fingerprint density at radius 1 is 1.38 bits per heavy atom. The first-order valence-electron chi connectivity index (χ1n) is 8.74. The van der Waals surface area contributed by atoms with E-state index in [9.17, 15) is 4.79 Å². The Morgan fingerprint density at radius 2 is 2.21 bits per heavy atom. The summed E-state index contributed by atoms with van der Waals surface area (Å²) in [6.45, 7) is 4.67. The first kappa shape index (κ1) is 16.8. The number of urea groups is 1. The van der Waals surface area contributed by atoms with Gasteiger partial charge >= 0.3 is 6.03 Å². The number of hydrogen-bond donors (Lipinski definition) is 2. The van der Waals surface area contributed by atoms with E-state index in [1.54, 1.807) is 12.1 Å². The maximum Gasteiger partial charge on any atom is 0.319 e. The second kappa shape index (κ2) is 7.71. The van der Waals surface area contributed by atoms with Crippen LogP contribution in [0.5, 0.6) is 5.75 Å². The van der Waals surface area contributed by atoms with Crippen LogP contribution in [0.4, 0.5) is 10.5 Å². The van der Waals surface area contributed by atoms with Gasteiger partial charge in [0.25, 0.3) is 0 Å². The van der Waals surface area contributed by atoms with Crippen molar-refractivity contribution in [3.63, 3.8) is 0 Å². The molecule has 1 atom stereocenters. The van der Waals surface area contributed by atoms with Crippen LogP contribution in [0.1, 0.15) is 38.5 Å². The summed E-state index contributed by atoms with van der Waals surface area (Å²) >= 11 is 0. The Morgan fingerprint density at radius 3 is 3.00 bits per heavy atom. The Kier molecular flexibility index (Phi) is 5.41. The summed E-state index contributed by atoms with van der Waals surface area (Å²) in [6.07, 6.45) is 8.61. The van der Waals surface area contributed by atoms with Crippen molar-refractivity contribution in [3.8, 4) is 5.75 Å². The second-order valence-corrected chi connectivity index (χ2v) is 6.68. The summed E-state index contributed by atoms with van der Waals surface area (Å²) in [6, 6.07) is 7.24. The van der Waals surface area contributed by atoms with Crippen LogP contribution in [0.15, 0.2) is 36.9 Å². The predicted molar refractivity (Wildman–Crippen MR) is 94.5 cm³/mol. The molecule has 2 N–H and O–H groups in total. The fourth-order valence-electron chi connectivity index (χ4n) is 3.65. The molecule has 5 nitrogen and oxygen atoms in total. The molecule has 1 heterocycles. The van der Waals surface area contributed by atoms with E-state index in [1.165, 1.54) is 19.3 Å². The van der Waals surface area contributed by atoms with E-state index in [-0.39, 0.29) is 17.7 Å². The van der Waals surface area contributed by atoms with Crippen molar-refractivity contribution in [3.05, 3.63) is 36.9 Å². The molecule has 0 bridgehead atoms. The number of carbonyl (C=O) groups excluding carboxylic acids is 1. The molecule has 5 heteroatoms. The van der Waals surface area contributed by atoms with Crippen LogP contribution >= 0.6 is 0 Å². The molecule has 1 aromatic carbocycles. The third-order valence-corrected chi connectivity index (χ3v) is 4.77. The van der Waals surface area contributed by atoms with Gasteiger partial charge in [0.2, 0.25) is 0 Å². The topological polar surface area (TPSA) is 59.6 Å². The van der Waals surface area contributed by atoms with E-state index in [4.69, 9.17) is 9.47 Å². The summed E-state index contributed by atoms with van der Waals surface area (Å²) in [5, 5.41) is 5.90. The van der Waals surface area contributed by atoms with Crippen molar-refractivity contribution in [2.45, 2.75) is 50.2 Å². The molecule has 1 aromatic rings. The fourth-order valence-corrected chi connectivity index (χ4v) is 3.65. The first-order chi connectivity index (χ1) is 11.7. The minimum absolute atomic E-state index is 0.00857. The van der Waals surface area contributed by atoms with Crippen molar-refractivity contribution in [1.29, 1.82) is 0 Å². The van der Waals surface area contributed by atoms with Gasteiger partial charge in [0.15, 0.2) is 0 Å². The van der Waals surface area contributed by atoms with E-state index < -0.39 is 0 Å². The van der Waals surface area contributed by atoms with Crippen LogP contribution < -0.4 is 15.4 Å². The van der Waals surface area contributed by atoms with Crippen molar-refractivity contribution in [2.75, 3.05) is 18.5 Å². The van der Waals surface area contributed by atoms with Crippen LogP contribution in [0.25, 0.3) is 0 Å². The number of carbonyl (C=O) groups is 1. The third kappa shape index (κ3) is 4.29. The van der Waals surface area contributed by atoms with Crippen molar-refractivity contribution in [1.82, 2.24) is 5.32 Å². The molecular weight excluding hydrogens is 304 g/mol. The SMILES string of the molecule is C=CCOc1cccc(NC(=O)N[C@@H]2COC3(CCCCC3)C2)c1. The van der Waals surface area contributed by atoms with Crippen molar-refractivity contribution in [2.24, 2.45) is 0 Å². The van der Waals surface area contributed by atoms with Crippen molar-refractivity contribution >= 4 is 11.7 Å². The van der Waals surface area contributed by atoms with Gasteiger partial charge in [0.1, 0.15) is 12.4 Å². The lowest BCUT2D eigenvalue weighted by molar-refractivity contribution is -0.0245. The molecule has 1 aliphatic heterocycles. The average Bonchev–Trinajstić information content (AvgIpc) is 2.95. The lowest BCUT2D eigenvalue weighted by Crippen LogP contribution is -2.39. The number of hydrogen-bond acceptors (Lipinski definition) is 3. The fraction of sp³-hybridized carbons (Fsp3) is 0.526. The Hall–Kier alpha value is -2.01. The van der Waals surface area contributed by atoms with Crippen LogP contribution in [0, 0.1) is 0 Å². The summed E-state index contributed by atoms with van der Waals surface area (Å²) in [5.41, 5.74) is 0.717. The highest BCUT2D eigenvalue weighted by Crippen LogP contribution is 2.39. The lowest BCUT2D eigenvalue weighted by Gasteiger charge is -2.32. The summed E-state index contributed by atoms with van der Waals surface area (Å²) < 4.78 is 11.5. The standard InChI is InChI=1S/C19H26N2O3/c1-2-11-23-17-8-6-7-15(12-17)20-18(22)21-16-13-19(24-14-16)9-4-3-5-10-19/h2,6-8,12,16H,1,3-5,9-11,13-14H2,(H2,20,21,22)/t16-/m0/s1. The first-order valence-corrected chi connectivity index (χ1v) is 8.74. The quantitative estimate of drug-likeness (QED) is 0.806. The van der Waals surface area contributed by atoms with Crippen LogP contribution in [0.3, 0.4) is 0 Å².